The molecule has 0 aliphatic rings. The molecule has 1 N–H and O–H groups in total. The highest BCUT2D eigenvalue weighted by atomic mass is 19.1. The maximum absolute atomic E-state index is 13.6. The van der Waals surface area contributed by atoms with Crippen LogP contribution in [0.15, 0.2) is 47.6 Å². The molecule has 0 bridgehead atoms. The number of carbonyl (C=O) groups is 1. The third kappa shape index (κ3) is 3.94. The summed E-state index contributed by atoms with van der Waals surface area (Å²) >= 11 is 0. The first-order chi connectivity index (χ1) is 10.9. The summed E-state index contributed by atoms with van der Waals surface area (Å²) in [5.41, 5.74) is 2.42. The van der Waals surface area contributed by atoms with Gasteiger partial charge in [-0.15, -0.1) is 0 Å². The van der Waals surface area contributed by atoms with Crippen molar-refractivity contribution in [3.05, 3.63) is 75.3 Å². The molecular weight excluding hydrogens is 308 g/mol. The van der Waals surface area contributed by atoms with Crippen LogP contribution < -0.4 is 5.43 Å². The predicted octanol–water partition coefficient (Wildman–Crippen LogP) is 3.03. The third-order valence-corrected chi connectivity index (χ3v) is 2.99. The van der Waals surface area contributed by atoms with Crippen LogP contribution in [-0.4, -0.2) is 16.5 Å². The highest BCUT2D eigenvalue weighted by molar-refractivity contribution is 6.01. The van der Waals surface area contributed by atoms with Crippen LogP contribution in [0.25, 0.3) is 0 Å². The van der Waals surface area contributed by atoms with E-state index in [1.54, 1.807) is 0 Å². The summed E-state index contributed by atoms with van der Waals surface area (Å²) in [5, 5.41) is 14.3. The maximum Gasteiger partial charge on any atom is 0.271 e. The fraction of sp³-hybridized carbons (Fsp3) is 0.0667. The summed E-state index contributed by atoms with van der Waals surface area (Å²) in [4.78, 5) is 21.8. The molecule has 0 aliphatic carbocycles. The fourth-order valence-electron chi connectivity index (χ4n) is 1.78. The lowest BCUT2D eigenvalue weighted by atomic mass is 10.1. The second-order valence-electron chi connectivity index (χ2n) is 4.57. The molecule has 0 saturated heterocycles. The molecule has 0 radical (unpaired) electrons. The van der Waals surface area contributed by atoms with Crippen LogP contribution >= 0.6 is 0 Å². The van der Waals surface area contributed by atoms with E-state index in [-0.39, 0.29) is 22.5 Å². The van der Waals surface area contributed by atoms with E-state index in [2.05, 4.69) is 10.5 Å². The summed E-state index contributed by atoms with van der Waals surface area (Å²) in [6.07, 6.45) is 0. The van der Waals surface area contributed by atoms with Gasteiger partial charge >= 0.3 is 0 Å². The lowest BCUT2D eigenvalue weighted by molar-refractivity contribution is -0.384. The molecule has 0 unspecified atom stereocenters. The van der Waals surface area contributed by atoms with Crippen molar-refractivity contribution in [1.29, 1.82) is 0 Å². The van der Waals surface area contributed by atoms with Gasteiger partial charge in [0.05, 0.1) is 10.6 Å². The number of nitrogens with one attached hydrogen (secondary N) is 1. The van der Waals surface area contributed by atoms with Crippen molar-refractivity contribution in [2.45, 2.75) is 6.92 Å². The highest BCUT2D eigenvalue weighted by Crippen LogP contribution is 2.12. The van der Waals surface area contributed by atoms with E-state index in [1.165, 1.54) is 37.3 Å². The molecule has 1 amide bonds. The van der Waals surface area contributed by atoms with Gasteiger partial charge in [-0.05, 0) is 31.2 Å². The first-order valence-corrected chi connectivity index (χ1v) is 6.43. The number of halogens is 2. The fourth-order valence-corrected chi connectivity index (χ4v) is 1.78. The Morgan fingerprint density at radius 1 is 1.17 bits per heavy atom. The van der Waals surface area contributed by atoms with Crippen molar-refractivity contribution in [1.82, 2.24) is 5.43 Å². The van der Waals surface area contributed by atoms with Gasteiger partial charge in [0.2, 0.25) is 0 Å². The lowest BCUT2D eigenvalue weighted by Gasteiger charge is -2.04. The van der Waals surface area contributed by atoms with Crippen LogP contribution in [-0.2, 0) is 0 Å². The molecule has 0 aromatic heterocycles. The Labute approximate surface area is 129 Å². The van der Waals surface area contributed by atoms with Crippen molar-refractivity contribution in [2.75, 3.05) is 0 Å². The van der Waals surface area contributed by atoms with Crippen LogP contribution in [0.2, 0.25) is 0 Å². The topological polar surface area (TPSA) is 84.6 Å². The number of nitro benzene ring substituents is 1. The zero-order valence-electron chi connectivity index (χ0n) is 11.9. The standard InChI is InChI=1S/C15H11F2N3O3/c1-9(13-7-4-11(16)8-14(13)17)18-19-15(21)10-2-5-12(6-3-10)20(22)23/h2-8H,1H3,(H,19,21)/b18-9-. The molecule has 0 saturated carbocycles. The zero-order valence-corrected chi connectivity index (χ0v) is 11.9. The number of nitro groups is 1. The molecule has 23 heavy (non-hydrogen) atoms. The number of benzene rings is 2. The predicted molar refractivity (Wildman–Crippen MR) is 79.1 cm³/mol. The number of nitrogens with zero attached hydrogens (tertiary/aromatic N) is 2. The van der Waals surface area contributed by atoms with Crippen LogP contribution in [0.5, 0.6) is 0 Å². The quantitative estimate of drug-likeness (QED) is 0.534. The molecule has 0 spiro atoms. The van der Waals surface area contributed by atoms with Gasteiger partial charge in [-0.1, -0.05) is 0 Å². The van der Waals surface area contributed by atoms with E-state index in [0.29, 0.717) is 6.07 Å². The van der Waals surface area contributed by atoms with Gasteiger partial charge in [-0.25, -0.2) is 14.2 Å². The second kappa shape index (κ2) is 6.73. The van der Waals surface area contributed by atoms with Crippen LogP contribution in [0.4, 0.5) is 14.5 Å². The first-order valence-electron chi connectivity index (χ1n) is 6.43. The number of hydrogen-bond donors (Lipinski definition) is 1. The third-order valence-electron chi connectivity index (χ3n) is 2.99. The van der Waals surface area contributed by atoms with E-state index in [0.717, 1.165) is 6.07 Å². The molecule has 0 aliphatic heterocycles. The van der Waals surface area contributed by atoms with Crippen molar-refractivity contribution in [3.63, 3.8) is 0 Å². The molecule has 0 heterocycles. The number of non-ortho nitro benzene ring substituents is 1. The largest absolute Gasteiger partial charge is 0.271 e. The Kier molecular flexibility index (Phi) is 4.75. The molecule has 0 fully saturated rings. The highest BCUT2D eigenvalue weighted by Gasteiger charge is 2.10. The van der Waals surface area contributed by atoms with Crippen LogP contribution in [0, 0.1) is 21.7 Å². The van der Waals surface area contributed by atoms with Gasteiger partial charge in [-0.2, -0.15) is 5.10 Å². The number of amides is 1. The first kappa shape index (κ1) is 16.2. The minimum Gasteiger partial charge on any atom is -0.267 e. The molecule has 0 atom stereocenters. The van der Waals surface area contributed by atoms with E-state index < -0.39 is 22.5 Å². The molecule has 2 aromatic rings. The van der Waals surface area contributed by atoms with Crippen molar-refractivity contribution >= 4 is 17.3 Å². The van der Waals surface area contributed by atoms with Crippen molar-refractivity contribution in [3.8, 4) is 0 Å². The number of hydrazone groups is 1. The summed E-state index contributed by atoms with van der Waals surface area (Å²) in [6.45, 7) is 1.45. The smallest absolute Gasteiger partial charge is 0.267 e. The summed E-state index contributed by atoms with van der Waals surface area (Å²) in [6, 6.07) is 7.92. The summed E-state index contributed by atoms with van der Waals surface area (Å²) < 4.78 is 26.4. The second-order valence-corrected chi connectivity index (χ2v) is 4.57. The lowest BCUT2D eigenvalue weighted by Crippen LogP contribution is -2.19. The normalized spacial score (nSPS) is 11.2. The van der Waals surface area contributed by atoms with Crippen LogP contribution in [0.1, 0.15) is 22.8 Å². The van der Waals surface area contributed by atoms with E-state index >= 15 is 0 Å². The van der Waals surface area contributed by atoms with Crippen molar-refractivity contribution in [2.24, 2.45) is 5.10 Å². The van der Waals surface area contributed by atoms with Crippen molar-refractivity contribution < 1.29 is 18.5 Å². The minimum absolute atomic E-state index is 0.0513. The van der Waals surface area contributed by atoms with E-state index in [9.17, 15) is 23.7 Å². The van der Waals surface area contributed by atoms with E-state index in [4.69, 9.17) is 0 Å². The summed E-state index contributed by atoms with van der Waals surface area (Å²) in [7, 11) is 0. The Hall–Kier alpha value is -3.16. The number of hydrogen-bond acceptors (Lipinski definition) is 4. The molecule has 2 rings (SSSR count). The van der Waals surface area contributed by atoms with Gasteiger partial charge in [-0.3, -0.25) is 14.9 Å². The Bertz CT molecular complexity index is 789. The SMILES string of the molecule is C/C(=N/NC(=O)c1ccc([N+](=O)[O-])cc1)c1ccc(F)cc1F. The Morgan fingerprint density at radius 3 is 2.39 bits per heavy atom. The molecule has 118 valence electrons. The maximum atomic E-state index is 13.6. The Morgan fingerprint density at radius 2 is 1.83 bits per heavy atom. The van der Waals surface area contributed by atoms with Gasteiger partial charge < -0.3 is 0 Å². The van der Waals surface area contributed by atoms with Gasteiger partial charge in [0, 0.05) is 29.3 Å². The van der Waals surface area contributed by atoms with Gasteiger partial charge in [0.1, 0.15) is 11.6 Å². The average Bonchev–Trinajstić information content (AvgIpc) is 2.52. The van der Waals surface area contributed by atoms with E-state index in [1.807, 2.05) is 0 Å². The number of rotatable bonds is 4. The van der Waals surface area contributed by atoms with Crippen LogP contribution in [0.3, 0.4) is 0 Å². The molecule has 2 aromatic carbocycles. The summed E-state index contributed by atoms with van der Waals surface area (Å²) in [5.74, 6) is -2.12. The van der Waals surface area contributed by atoms with Gasteiger partial charge in [0.25, 0.3) is 11.6 Å². The number of carbonyl (C=O) groups excluding carboxylic acids is 1. The zero-order chi connectivity index (χ0) is 17.0. The minimum atomic E-state index is -0.796. The average molecular weight is 319 g/mol. The molecule has 6 nitrogen and oxygen atoms in total. The molecular formula is C15H11F2N3O3. The Balaban J connectivity index is 2.12. The van der Waals surface area contributed by atoms with Gasteiger partial charge in [0.15, 0.2) is 0 Å². The molecule has 8 heteroatoms. The monoisotopic (exact) mass is 319 g/mol.